The van der Waals surface area contributed by atoms with Gasteiger partial charge in [-0.25, -0.2) is 9.78 Å². The van der Waals surface area contributed by atoms with E-state index in [1.807, 2.05) is 12.3 Å². The number of hydrogen-bond donors (Lipinski definition) is 1. The number of aromatic nitrogens is 2. The fraction of sp³-hybridized carbons (Fsp3) is 0.462. The smallest absolute Gasteiger partial charge is 0.329 e. The first-order chi connectivity index (χ1) is 9.95. The van der Waals surface area contributed by atoms with Gasteiger partial charge in [-0.3, -0.25) is 14.1 Å². The van der Waals surface area contributed by atoms with Gasteiger partial charge in [0, 0.05) is 37.3 Å². The van der Waals surface area contributed by atoms with Crippen molar-refractivity contribution in [3.8, 4) is 0 Å². The average molecular weight is 309 g/mol. The highest BCUT2D eigenvalue weighted by Crippen LogP contribution is 2.25. The van der Waals surface area contributed by atoms with Crippen LogP contribution in [-0.4, -0.2) is 50.7 Å². The van der Waals surface area contributed by atoms with E-state index in [2.05, 4.69) is 9.88 Å². The number of thiazole rings is 1. The van der Waals surface area contributed by atoms with E-state index in [1.54, 1.807) is 6.20 Å². The molecular weight excluding hydrogens is 294 g/mol. The van der Waals surface area contributed by atoms with Gasteiger partial charge in [-0.1, -0.05) is 0 Å². The Morgan fingerprint density at radius 3 is 3.05 bits per heavy atom. The third kappa shape index (κ3) is 2.97. The van der Waals surface area contributed by atoms with Crippen molar-refractivity contribution in [3.05, 3.63) is 33.7 Å². The molecule has 0 amide bonds. The molecule has 1 aliphatic heterocycles. The van der Waals surface area contributed by atoms with E-state index in [0.717, 1.165) is 5.69 Å². The molecule has 0 atom stereocenters. The molecule has 1 saturated heterocycles. The molecule has 0 radical (unpaired) electrons. The molecule has 0 spiro atoms. The highest BCUT2D eigenvalue weighted by Gasteiger charge is 2.40. The van der Waals surface area contributed by atoms with E-state index in [9.17, 15) is 9.59 Å². The third-order valence-electron chi connectivity index (χ3n) is 3.40. The van der Waals surface area contributed by atoms with Gasteiger partial charge < -0.3 is 9.84 Å². The zero-order valence-electron chi connectivity index (χ0n) is 11.5. The third-order valence-corrected chi connectivity index (χ3v) is 4.16. The number of carboxylic acids is 1. The Morgan fingerprint density at radius 1 is 1.57 bits per heavy atom. The number of carboxylic acid groups (broad SMARTS) is 1. The van der Waals surface area contributed by atoms with Crippen LogP contribution in [0, 0.1) is 0 Å². The van der Waals surface area contributed by atoms with Crippen LogP contribution in [0.3, 0.4) is 0 Å². The van der Waals surface area contributed by atoms with Gasteiger partial charge in [0.15, 0.2) is 4.96 Å². The molecule has 0 aromatic carbocycles. The maximum absolute atomic E-state index is 11.9. The lowest BCUT2D eigenvalue weighted by Crippen LogP contribution is -2.61. The second-order valence-electron chi connectivity index (χ2n) is 5.42. The van der Waals surface area contributed by atoms with Gasteiger partial charge in [0.2, 0.25) is 0 Å². The van der Waals surface area contributed by atoms with Gasteiger partial charge in [0.1, 0.15) is 6.61 Å². The predicted octanol–water partition coefficient (Wildman–Crippen LogP) is 0.431. The molecule has 1 aliphatic rings. The van der Waals surface area contributed by atoms with Crippen molar-refractivity contribution in [1.29, 1.82) is 0 Å². The van der Waals surface area contributed by atoms with Gasteiger partial charge in [0.25, 0.3) is 5.56 Å². The summed E-state index contributed by atoms with van der Waals surface area (Å²) < 4.78 is 6.87. The quantitative estimate of drug-likeness (QED) is 0.862. The summed E-state index contributed by atoms with van der Waals surface area (Å²) in [5.74, 6) is -0.965. The maximum atomic E-state index is 11.9. The lowest BCUT2D eigenvalue weighted by Gasteiger charge is -2.47. The van der Waals surface area contributed by atoms with E-state index in [-0.39, 0.29) is 12.2 Å². The van der Waals surface area contributed by atoms with Crippen LogP contribution in [0.2, 0.25) is 0 Å². The topological polar surface area (TPSA) is 84.1 Å². The van der Waals surface area contributed by atoms with E-state index in [0.29, 0.717) is 24.6 Å². The fourth-order valence-corrected chi connectivity index (χ4v) is 3.28. The van der Waals surface area contributed by atoms with Crippen molar-refractivity contribution in [2.24, 2.45) is 0 Å². The summed E-state index contributed by atoms with van der Waals surface area (Å²) in [5.41, 5.74) is 0.213. The Labute approximate surface area is 124 Å². The van der Waals surface area contributed by atoms with E-state index in [1.165, 1.54) is 21.8 Å². The van der Waals surface area contributed by atoms with Crippen molar-refractivity contribution < 1.29 is 14.6 Å². The van der Waals surface area contributed by atoms with Gasteiger partial charge in [-0.2, -0.15) is 0 Å². The Balaban J connectivity index is 1.63. The Morgan fingerprint density at radius 2 is 2.33 bits per heavy atom. The number of aliphatic carboxylic acids is 1. The zero-order chi connectivity index (χ0) is 15.0. The molecule has 2 aromatic heterocycles. The number of nitrogens with zero attached hydrogens (tertiary/aromatic N) is 3. The van der Waals surface area contributed by atoms with E-state index < -0.39 is 11.6 Å². The second kappa shape index (κ2) is 5.21. The molecule has 112 valence electrons. The molecule has 0 bridgehead atoms. The van der Waals surface area contributed by atoms with Crippen LogP contribution >= 0.6 is 11.3 Å². The van der Waals surface area contributed by atoms with Crippen LogP contribution in [-0.2, 0) is 16.1 Å². The average Bonchev–Trinajstić information content (AvgIpc) is 2.83. The molecule has 0 unspecified atom stereocenters. The molecular formula is C13H15N3O4S. The summed E-state index contributed by atoms with van der Waals surface area (Å²) in [5, 5.41) is 10.5. The minimum atomic E-state index is -0.965. The summed E-state index contributed by atoms with van der Waals surface area (Å²) in [4.78, 5) is 29.6. The summed E-state index contributed by atoms with van der Waals surface area (Å²) in [6.07, 6.45) is 1.71. The predicted molar refractivity (Wildman–Crippen MR) is 76.6 cm³/mol. The van der Waals surface area contributed by atoms with Crippen molar-refractivity contribution in [1.82, 2.24) is 14.3 Å². The minimum absolute atomic E-state index is 0.0818. The zero-order valence-corrected chi connectivity index (χ0v) is 12.3. The van der Waals surface area contributed by atoms with Crippen molar-refractivity contribution in [2.75, 3.05) is 19.7 Å². The molecule has 1 N–H and O–H groups in total. The monoisotopic (exact) mass is 309 g/mol. The highest BCUT2D eigenvalue weighted by molar-refractivity contribution is 7.15. The number of carbonyl (C=O) groups is 1. The first-order valence-electron chi connectivity index (χ1n) is 6.49. The van der Waals surface area contributed by atoms with Crippen LogP contribution in [0.1, 0.15) is 12.6 Å². The number of rotatable bonds is 5. The summed E-state index contributed by atoms with van der Waals surface area (Å²) in [7, 11) is 0. The van der Waals surface area contributed by atoms with Crippen molar-refractivity contribution in [3.63, 3.8) is 0 Å². The van der Waals surface area contributed by atoms with E-state index >= 15 is 0 Å². The van der Waals surface area contributed by atoms with Gasteiger partial charge >= 0.3 is 5.97 Å². The first kappa shape index (κ1) is 14.2. The number of ether oxygens (including phenoxy) is 1. The molecule has 2 aromatic rings. The molecule has 21 heavy (non-hydrogen) atoms. The van der Waals surface area contributed by atoms with Crippen LogP contribution in [0.15, 0.2) is 22.4 Å². The van der Waals surface area contributed by atoms with Crippen LogP contribution in [0.25, 0.3) is 4.96 Å². The minimum Gasteiger partial charge on any atom is -0.480 e. The normalized spacial score (nSPS) is 17.8. The van der Waals surface area contributed by atoms with Gasteiger partial charge in [-0.05, 0) is 6.92 Å². The van der Waals surface area contributed by atoms with Crippen molar-refractivity contribution >= 4 is 22.3 Å². The highest BCUT2D eigenvalue weighted by atomic mass is 32.1. The van der Waals surface area contributed by atoms with Gasteiger partial charge in [-0.15, -0.1) is 11.3 Å². The Hall–Kier alpha value is -1.77. The molecule has 1 fully saturated rings. The summed E-state index contributed by atoms with van der Waals surface area (Å²) >= 11 is 1.42. The lowest BCUT2D eigenvalue weighted by atomic mass is 9.96. The summed E-state index contributed by atoms with van der Waals surface area (Å²) in [6.45, 7) is 3.43. The number of fused-ring (bicyclic) bond motifs is 1. The SMILES string of the molecule is CC1(OCC(=O)O)CN(Cc2cc(=O)n3ccsc3n2)C1. The first-order valence-corrected chi connectivity index (χ1v) is 7.37. The van der Waals surface area contributed by atoms with Crippen LogP contribution < -0.4 is 5.56 Å². The summed E-state index contributed by atoms with van der Waals surface area (Å²) in [6, 6.07) is 1.54. The van der Waals surface area contributed by atoms with Crippen LogP contribution in [0.5, 0.6) is 0 Å². The van der Waals surface area contributed by atoms with Crippen LogP contribution in [0.4, 0.5) is 0 Å². The number of hydrogen-bond acceptors (Lipinski definition) is 6. The van der Waals surface area contributed by atoms with Gasteiger partial charge in [0.05, 0.1) is 11.3 Å². The second-order valence-corrected chi connectivity index (χ2v) is 6.29. The number of likely N-dealkylation sites (tertiary alicyclic amines) is 1. The Kier molecular flexibility index (Phi) is 3.52. The molecule has 0 aliphatic carbocycles. The standard InChI is InChI=1S/C13H15N3O4S/c1-13(20-6-11(18)19)7-15(8-13)5-9-4-10(17)16-2-3-21-12(16)14-9/h2-4H,5-8H2,1H3,(H,18,19). The van der Waals surface area contributed by atoms with Crippen molar-refractivity contribution in [2.45, 2.75) is 19.1 Å². The lowest BCUT2D eigenvalue weighted by molar-refractivity contribution is -0.165. The molecule has 3 heterocycles. The van der Waals surface area contributed by atoms with E-state index in [4.69, 9.17) is 9.84 Å². The largest absolute Gasteiger partial charge is 0.480 e. The molecule has 3 rings (SSSR count). The molecule has 0 saturated carbocycles. The fourth-order valence-electron chi connectivity index (χ4n) is 2.54. The molecule has 7 nitrogen and oxygen atoms in total. The Bertz CT molecular complexity index is 732. The molecule has 8 heteroatoms. The maximum Gasteiger partial charge on any atom is 0.329 e.